The largest absolute Gasteiger partial charge is 0.480 e. The highest BCUT2D eigenvalue weighted by molar-refractivity contribution is 5.99. The second-order valence-electron chi connectivity index (χ2n) is 5.10. The molecular formula is C14H16O4. The van der Waals surface area contributed by atoms with Crippen LogP contribution in [0.1, 0.15) is 31.2 Å². The van der Waals surface area contributed by atoms with Crippen LogP contribution in [0.3, 0.4) is 0 Å². The van der Waals surface area contributed by atoms with E-state index in [-0.39, 0.29) is 5.41 Å². The van der Waals surface area contributed by atoms with Crippen molar-refractivity contribution in [3.63, 3.8) is 0 Å². The van der Waals surface area contributed by atoms with E-state index in [1.807, 2.05) is 6.92 Å². The van der Waals surface area contributed by atoms with Gasteiger partial charge >= 0.3 is 11.9 Å². The average Bonchev–Trinajstić information content (AvgIpc) is 3.07. The third-order valence-electron chi connectivity index (χ3n) is 3.28. The van der Waals surface area contributed by atoms with Crippen LogP contribution in [0.2, 0.25) is 0 Å². The van der Waals surface area contributed by atoms with E-state index < -0.39 is 17.9 Å². The Hall–Kier alpha value is -1.84. The molecule has 4 heteroatoms. The lowest BCUT2D eigenvalue weighted by Crippen LogP contribution is -2.25. The molecule has 2 rings (SSSR count). The van der Waals surface area contributed by atoms with Crippen LogP contribution in [-0.2, 0) is 14.3 Å². The van der Waals surface area contributed by atoms with Gasteiger partial charge in [-0.2, -0.15) is 0 Å². The molecule has 1 aliphatic carbocycles. The molecule has 0 bridgehead atoms. The molecule has 0 aliphatic heterocycles. The lowest BCUT2D eigenvalue weighted by Gasteiger charge is -2.14. The number of aliphatic carboxylic acids is 1. The van der Waals surface area contributed by atoms with Gasteiger partial charge in [-0.3, -0.25) is 9.59 Å². The van der Waals surface area contributed by atoms with E-state index in [1.54, 1.807) is 30.3 Å². The maximum atomic E-state index is 11.9. The first kappa shape index (κ1) is 12.6. The van der Waals surface area contributed by atoms with Gasteiger partial charge in [0.05, 0.1) is 6.61 Å². The van der Waals surface area contributed by atoms with E-state index in [4.69, 9.17) is 9.84 Å². The fraction of sp³-hybridized carbons (Fsp3) is 0.429. The van der Waals surface area contributed by atoms with Crippen molar-refractivity contribution in [1.29, 1.82) is 0 Å². The molecular weight excluding hydrogens is 232 g/mol. The van der Waals surface area contributed by atoms with Gasteiger partial charge in [-0.1, -0.05) is 37.3 Å². The molecule has 1 fully saturated rings. The molecule has 0 amide bonds. The summed E-state index contributed by atoms with van der Waals surface area (Å²) in [4.78, 5) is 23.0. The minimum Gasteiger partial charge on any atom is -0.480 e. The normalized spacial score (nSPS) is 17.8. The van der Waals surface area contributed by atoms with Crippen LogP contribution in [0, 0.1) is 5.41 Å². The molecule has 0 heterocycles. The number of hydrogen-bond donors (Lipinski definition) is 1. The molecule has 1 atom stereocenters. The van der Waals surface area contributed by atoms with Crippen LogP contribution >= 0.6 is 0 Å². The Bertz CT molecular complexity index is 448. The van der Waals surface area contributed by atoms with Crippen molar-refractivity contribution in [1.82, 2.24) is 0 Å². The molecule has 0 radical (unpaired) electrons. The van der Waals surface area contributed by atoms with Crippen molar-refractivity contribution in [3.8, 4) is 0 Å². The molecule has 18 heavy (non-hydrogen) atoms. The van der Waals surface area contributed by atoms with E-state index >= 15 is 0 Å². The number of carboxylic acid groups (broad SMARTS) is 1. The zero-order valence-electron chi connectivity index (χ0n) is 10.3. The number of benzene rings is 1. The number of ether oxygens (including phenoxy) is 1. The van der Waals surface area contributed by atoms with E-state index in [9.17, 15) is 9.59 Å². The number of rotatable bonds is 5. The topological polar surface area (TPSA) is 63.6 Å². The maximum Gasteiger partial charge on any atom is 0.324 e. The standard InChI is InChI=1S/C14H16O4/c1-14(7-8-14)9-18-13(17)11(12(15)16)10-5-3-2-4-6-10/h2-6,11H,7-9H2,1H3,(H,15,16). The number of esters is 1. The quantitative estimate of drug-likeness (QED) is 0.641. The molecule has 1 aromatic rings. The van der Waals surface area contributed by atoms with Gasteiger partial charge < -0.3 is 9.84 Å². The lowest BCUT2D eigenvalue weighted by atomic mass is 9.99. The second kappa shape index (κ2) is 4.80. The van der Waals surface area contributed by atoms with Crippen LogP contribution < -0.4 is 0 Å². The smallest absolute Gasteiger partial charge is 0.324 e. The first-order valence-corrected chi connectivity index (χ1v) is 5.96. The summed E-state index contributed by atoms with van der Waals surface area (Å²) in [5, 5.41) is 9.14. The summed E-state index contributed by atoms with van der Waals surface area (Å²) in [6.07, 6.45) is 2.06. The van der Waals surface area contributed by atoms with Crippen LogP contribution in [0.4, 0.5) is 0 Å². The van der Waals surface area contributed by atoms with E-state index in [1.165, 1.54) is 0 Å². The van der Waals surface area contributed by atoms with Crippen molar-refractivity contribution in [2.75, 3.05) is 6.61 Å². The second-order valence-corrected chi connectivity index (χ2v) is 5.10. The average molecular weight is 248 g/mol. The molecule has 4 nitrogen and oxygen atoms in total. The van der Waals surface area contributed by atoms with Crippen LogP contribution in [-0.4, -0.2) is 23.7 Å². The molecule has 0 saturated heterocycles. The van der Waals surface area contributed by atoms with Crippen LogP contribution in [0.25, 0.3) is 0 Å². The summed E-state index contributed by atoms with van der Waals surface area (Å²) in [6.45, 7) is 2.33. The van der Waals surface area contributed by atoms with Crippen molar-refractivity contribution >= 4 is 11.9 Å². The molecule has 1 aromatic carbocycles. The summed E-state index contributed by atoms with van der Waals surface area (Å²) < 4.78 is 5.13. The fourth-order valence-corrected chi connectivity index (χ4v) is 1.71. The van der Waals surface area contributed by atoms with Gasteiger partial charge in [0.1, 0.15) is 0 Å². The predicted molar refractivity (Wildman–Crippen MR) is 65.1 cm³/mol. The van der Waals surface area contributed by atoms with Gasteiger partial charge in [0.25, 0.3) is 0 Å². The van der Waals surface area contributed by atoms with Gasteiger partial charge in [-0.25, -0.2) is 0 Å². The Morgan fingerprint density at radius 3 is 2.44 bits per heavy atom. The van der Waals surface area contributed by atoms with E-state index in [2.05, 4.69) is 0 Å². The molecule has 1 unspecified atom stereocenters. The van der Waals surface area contributed by atoms with Crippen molar-refractivity contribution in [3.05, 3.63) is 35.9 Å². The van der Waals surface area contributed by atoms with Crippen molar-refractivity contribution in [2.24, 2.45) is 5.41 Å². The van der Waals surface area contributed by atoms with Gasteiger partial charge in [0.2, 0.25) is 0 Å². The van der Waals surface area contributed by atoms with Crippen molar-refractivity contribution < 1.29 is 19.4 Å². The third kappa shape index (κ3) is 2.88. The minimum absolute atomic E-state index is 0.0649. The monoisotopic (exact) mass is 248 g/mol. The lowest BCUT2D eigenvalue weighted by molar-refractivity contribution is -0.155. The van der Waals surface area contributed by atoms with E-state index in [0.29, 0.717) is 12.2 Å². The Morgan fingerprint density at radius 2 is 1.94 bits per heavy atom. The first-order chi connectivity index (χ1) is 8.52. The van der Waals surface area contributed by atoms with E-state index in [0.717, 1.165) is 12.8 Å². The first-order valence-electron chi connectivity index (χ1n) is 5.96. The third-order valence-corrected chi connectivity index (χ3v) is 3.28. The maximum absolute atomic E-state index is 11.9. The Labute approximate surface area is 106 Å². The van der Waals surface area contributed by atoms with Gasteiger partial charge in [-0.05, 0) is 18.4 Å². The summed E-state index contributed by atoms with van der Waals surface area (Å²) in [6, 6.07) is 8.44. The highest BCUT2D eigenvalue weighted by Gasteiger charge is 2.40. The molecule has 96 valence electrons. The highest BCUT2D eigenvalue weighted by Crippen LogP contribution is 2.45. The number of carbonyl (C=O) groups excluding carboxylic acids is 1. The Balaban J connectivity index is 2.05. The van der Waals surface area contributed by atoms with Gasteiger partial charge in [0.15, 0.2) is 5.92 Å². The summed E-state index contributed by atoms with van der Waals surface area (Å²) in [5.41, 5.74) is 0.519. The number of carbonyl (C=O) groups is 2. The highest BCUT2D eigenvalue weighted by atomic mass is 16.5. The predicted octanol–water partition coefficient (Wildman–Crippen LogP) is 2.20. The molecule has 1 aliphatic rings. The van der Waals surface area contributed by atoms with Crippen molar-refractivity contribution in [2.45, 2.75) is 25.7 Å². The molecule has 1 N–H and O–H groups in total. The summed E-state index contributed by atoms with van der Waals surface area (Å²) >= 11 is 0. The molecule has 0 spiro atoms. The Morgan fingerprint density at radius 1 is 1.33 bits per heavy atom. The summed E-state index contributed by atoms with van der Waals surface area (Å²) in [5.74, 6) is -3.08. The number of carboxylic acids is 1. The SMILES string of the molecule is CC1(COC(=O)C(C(=O)O)c2ccccc2)CC1. The van der Waals surface area contributed by atoms with Crippen LogP contribution in [0.15, 0.2) is 30.3 Å². The summed E-state index contributed by atoms with van der Waals surface area (Å²) in [7, 11) is 0. The minimum atomic E-state index is -1.23. The number of hydrogen-bond acceptors (Lipinski definition) is 3. The van der Waals surface area contributed by atoms with Crippen LogP contribution in [0.5, 0.6) is 0 Å². The van der Waals surface area contributed by atoms with Gasteiger partial charge in [0, 0.05) is 5.41 Å². The van der Waals surface area contributed by atoms with Gasteiger partial charge in [-0.15, -0.1) is 0 Å². The molecule has 0 aromatic heterocycles. The Kier molecular flexibility index (Phi) is 3.36. The molecule has 1 saturated carbocycles. The fourth-order valence-electron chi connectivity index (χ4n) is 1.71. The zero-order chi connectivity index (χ0) is 13.2. The zero-order valence-corrected chi connectivity index (χ0v) is 10.3.